The molecule has 0 saturated carbocycles. The van der Waals surface area contributed by atoms with E-state index in [1.165, 1.54) is 5.56 Å². The van der Waals surface area contributed by atoms with Gasteiger partial charge in [0.2, 0.25) is 0 Å². The van der Waals surface area contributed by atoms with Crippen molar-refractivity contribution in [2.24, 2.45) is 0 Å². The van der Waals surface area contributed by atoms with Crippen molar-refractivity contribution in [3.8, 4) is 0 Å². The lowest BCUT2D eigenvalue weighted by molar-refractivity contribution is 0.0408. The van der Waals surface area contributed by atoms with Gasteiger partial charge in [0.25, 0.3) is 0 Å². The first-order valence-corrected chi connectivity index (χ1v) is 5.04. The molecule has 0 saturated heterocycles. The van der Waals surface area contributed by atoms with Crippen LogP contribution in [-0.2, 0) is 16.1 Å². The number of hydrogen-bond acceptors (Lipinski definition) is 2. The highest BCUT2D eigenvalue weighted by molar-refractivity contribution is 5.12. The van der Waals surface area contributed by atoms with Crippen LogP contribution in [-0.4, -0.2) is 19.8 Å². The molecule has 0 aliphatic carbocycles. The molecule has 0 fully saturated rings. The SMILES string of the molecule is CCCOCCOCc1cc[c]cc1. The molecule has 0 aromatic heterocycles. The molecule has 2 heteroatoms. The molecular weight excluding hydrogens is 176 g/mol. The van der Waals surface area contributed by atoms with Crippen molar-refractivity contribution in [2.45, 2.75) is 20.0 Å². The molecule has 0 aliphatic rings. The highest BCUT2D eigenvalue weighted by Gasteiger charge is 1.91. The van der Waals surface area contributed by atoms with Crippen LogP contribution in [0.1, 0.15) is 18.9 Å². The third-order valence-corrected chi connectivity index (χ3v) is 1.78. The van der Waals surface area contributed by atoms with Crippen molar-refractivity contribution in [2.75, 3.05) is 19.8 Å². The Morgan fingerprint density at radius 2 is 1.79 bits per heavy atom. The van der Waals surface area contributed by atoms with Crippen LogP contribution in [0.4, 0.5) is 0 Å². The highest BCUT2D eigenvalue weighted by Crippen LogP contribution is 1.99. The summed E-state index contributed by atoms with van der Waals surface area (Å²) in [7, 11) is 0. The summed E-state index contributed by atoms with van der Waals surface area (Å²) >= 11 is 0. The van der Waals surface area contributed by atoms with Crippen LogP contribution in [0.3, 0.4) is 0 Å². The first-order valence-electron chi connectivity index (χ1n) is 5.04. The predicted octanol–water partition coefficient (Wildman–Crippen LogP) is 2.43. The van der Waals surface area contributed by atoms with Crippen molar-refractivity contribution < 1.29 is 9.47 Å². The molecule has 1 aromatic rings. The zero-order valence-corrected chi connectivity index (χ0v) is 8.66. The van der Waals surface area contributed by atoms with E-state index in [9.17, 15) is 0 Å². The van der Waals surface area contributed by atoms with Gasteiger partial charge in [-0.3, -0.25) is 0 Å². The van der Waals surface area contributed by atoms with E-state index < -0.39 is 0 Å². The summed E-state index contributed by atoms with van der Waals surface area (Å²) < 4.78 is 10.7. The van der Waals surface area contributed by atoms with Crippen LogP contribution < -0.4 is 0 Å². The minimum absolute atomic E-state index is 0.657. The fourth-order valence-electron chi connectivity index (χ4n) is 1.07. The van der Waals surface area contributed by atoms with Gasteiger partial charge in [0, 0.05) is 6.61 Å². The van der Waals surface area contributed by atoms with Crippen molar-refractivity contribution >= 4 is 0 Å². The van der Waals surface area contributed by atoms with Crippen LogP contribution >= 0.6 is 0 Å². The molecule has 0 unspecified atom stereocenters. The first-order chi connectivity index (χ1) is 6.93. The molecule has 1 aromatic carbocycles. The molecule has 14 heavy (non-hydrogen) atoms. The van der Waals surface area contributed by atoms with Crippen molar-refractivity contribution in [3.05, 3.63) is 35.9 Å². The lowest BCUT2D eigenvalue weighted by Gasteiger charge is -2.04. The van der Waals surface area contributed by atoms with Crippen molar-refractivity contribution in [3.63, 3.8) is 0 Å². The molecule has 0 amide bonds. The summed E-state index contributed by atoms with van der Waals surface area (Å²) in [6, 6.07) is 10.8. The van der Waals surface area contributed by atoms with Crippen LogP contribution in [0.2, 0.25) is 0 Å². The van der Waals surface area contributed by atoms with Gasteiger partial charge in [-0.2, -0.15) is 0 Å². The third kappa shape index (κ3) is 5.00. The number of hydrogen-bond donors (Lipinski definition) is 0. The standard InChI is InChI=1S/C12H17O2/c1-2-8-13-9-10-14-11-12-6-4-3-5-7-12/h4-7H,2,8-11H2,1H3. The zero-order chi connectivity index (χ0) is 10.1. The Balaban J connectivity index is 1.99. The number of benzene rings is 1. The largest absolute Gasteiger partial charge is 0.379 e. The number of ether oxygens (including phenoxy) is 2. The Kier molecular flexibility index (Phi) is 6.04. The first kappa shape index (κ1) is 11.2. The minimum Gasteiger partial charge on any atom is -0.379 e. The molecule has 0 heterocycles. The summed E-state index contributed by atoms with van der Waals surface area (Å²) in [5.41, 5.74) is 1.18. The maximum atomic E-state index is 5.43. The molecule has 0 atom stereocenters. The third-order valence-electron chi connectivity index (χ3n) is 1.78. The van der Waals surface area contributed by atoms with E-state index >= 15 is 0 Å². The summed E-state index contributed by atoms with van der Waals surface area (Å²) in [6.45, 7) is 4.93. The Hall–Kier alpha value is -0.860. The summed E-state index contributed by atoms with van der Waals surface area (Å²) in [5.74, 6) is 0. The molecule has 1 rings (SSSR count). The number of rotatable bonds is 7. The quantitative estimate of drug-likeness (QED) is 0.619. The zero-order valence-electron chi connectivity index (χ0n) is 8.66. The topological polar surface area (TPSA) is 18.5 Å². The van der Waals surface area contributed by atoms with Gasteiger partial charge in [0.15, 0.2) is 0 Å². The molecule has 0 bridgehead atoms. The van der Waals surface area contributed by atoms with Crippen LogP contribution in [0, 0.1) is 6.07 Å². The van der Waals surface area contributed by atoms with Gasteiger partial charge in [-0.05, 0) is 18.1 Å². The second-order valence-electron chi connectivity index (χ2n) is 3.07. The van der Waals surface area contributed by atoms with Gasteiger partial charge in [-0.15, -0.1) is 0 Å². The summed E-state index contributed by atoms with van der Waals surface area (Å²) in [6.07, 6.45) is 1.06. The van der Waals surface area contributed by atoms with Gasteiger partial charge in [-0.1, -0.05) is 31.2 Å². The molecule has 0 spiro atoms. The van der Waals surface area contributed by atoms with Crippen LogP contribution in [0.5, 0.6) is 0 Å². The van der Waals surface area contributed by atoms with Crippen LogP contribution in [0.25, 0.3) is 0 Å². The van der Waals surface area contributed by atoms with Crippen molar-refractivity contribution in [1.82, 2.24) is 0 Å². The molecular formula is C12H17O2. The van der Waals surface area contributed by atoms with Gasteiger partial charge >= 0.3 is 0 Å². The maximum Gasteiger partial charge on any atom is 0.0718 e. The molecule has 1 radical (unpaired) electrons. The molecule has 0 N–H and O–H groups in total. The van der Waals surface area contributed by atoms with E-state index in [0.29, 0.717) is 19.8 Å². The minimum atomic E-state index is 0.657. The average Bonchev–Trinajstić information content (AvgIpc) is 2.25. The Morgan fingerprint density at radius 3 is 2.50 bits per heavy atom. The second-order valence-corrected chi connectivity index (χ2v) is 3.07. The van der Waals surface area contributed by atoms with E-state index in [-0.39, 0.29) is 0 Å². The Morgan fingerprint density at radius 1 is 1.07 bits per heavy atom. The Bertz CT molecular complexity index is 221. The molecule has 2 nitrogen and oxygen atoms in total. The van der Waals surface area contributed by atoms with Gasteiger partial charge in [0.1, 0.15) is 0 Å². The Labute approximate surface area is 85.8 Å². The van der Waals surface area contributed by atoms with Gasteiger partial charge in [0.05, 0.1) is 19.8 Å². The summed E-state index contributed by atoms with van der Waals surface area (Å²) in [4.78, 5) is 0. The smallest absolute Gasteiger partial charge is 0.0718 e. The monoisotopic (exact) mass is 193 g/mol. The van der Waals surface area contributed by atoms with E-state index in [1.54, 1.807) is 0 Å². The highest BCUT2D eigenvalue weighted by atomic mass is 16.5. The predicted molar refractivity (Wildman–Crippen MR) is 56.0 cm³/mol. The van der Waals surface area contributed by atoms with E-state index in [2.05, 4.69) is 13.0 Å². The lowest BCUT2D eigenvalue weighted by Crippen LogP contribution is -2.04. The van der Waals surface area contributed by atoms with Crippen LogP contribution in [0.15, 0.2) is 24.3 Å². The normalized spacial score (nSPS) is 10.4. The summed E-state index contributed by atoms with van der Waals surface area (Å²) in [5, 5.41) is 0. The molecule has 77 valence electrons. The van der Waals surface area contributed by atoms with E-state index in [4.69, 9.17) is 9.47 Å². The van der Waals surface area contributed by atoms with E-state index in [1.807, 2.05) is 24.3 Å². The fraction of sp³-hybridized carbons (Fsp3) is 0.500. The lowest BCUT2D eigenvalue weighted by atomic mass is 10.2. The van der Waals surface area contributed by atoms with E-state index in [0.717, 1.165) is 13.0 Å². The fourth-order valence-corrected chi connectivity index (χ4v) is 1.07. The van der Waals surface area contributed by atoms with Gasteiger partial charge in [-0.25, -0.2) is 0 Å². The van der Waals surface area contributed by atoms with Gasteiger partial charge < -0.3 is 9.47 Å². The second kappa shape index (κ2) is 7.54. The average molecular weight is 193 g/mol. The van der Waals surface area contributed by atoms with Crippen molar-refractivity contribution in [1.29, 1.82) is 0 Å². The maximum absolute atomic E-state index is 5.43. The molecule has 0 aliphatic heterocycles.